The van der Waals surface area contributed by atoms with Crippen LogP contribution in [-0.2, 0) is 0 Å². The molecular formula is C4H5BrF2. The zero-order chi connectivity index (χ0) is 5.91. The van der Waals surface area contributed by atoms with E-state index in [0.717, 1.165) is 6.08 Å². The van der Waals surface area contributed by atoms with Gasteiger partial charge in [-0.3, -0.25) is 0 Å². The second-order valence-electron chi connectivity index (χ2n) is 1.04. The van der Waals surface area contributed by atoms with Crippen molar-refractivity contribution >= 4 is 15.9 Å². The van der Waals surface area contributed by atoms with Gasteiger partial charge in [0.25, 0.3) is 0 Å². The first kappa shape index (κ1) is 7.08. The molecule has 0 aliphatic rings. The molecule has 0 aromatic carbocycles. The van der Waals surface area contributed by atoms with Crippen molar-refractivity contribution in [1.82, 2.24) is 0 Å². The molecule has 0 heterocycles. The molecule has 0 N–H and O–H groups in total. The van der Waals surface area contributed by atoms with E-state index < -0.39 is 4.83 Å². The molecule has 7 heavy (non-hydrogen) atoms. The van der Waals surface area contributed by atoms with Gasteiger partial charge in [-0.05, 0) is 28.9 Å². The second-order valence-corrected chi connectivity index (χ2v) is 2.10. The van der Waals surface area contributed by atoms with E-state index in [-0.39, 0.29) is 0 Å². The molecule has 0 aliphatic heterocycles. The molecule has 0 nitrogen and oxygen atoms in total. The van der Waals surface area contributed by atoms with Gasteiger partial charge in [-0.2, -0.15) is 8.78 Å². The Hall–Kier alpha value is 0.0800. The van der Waals surface area contributed by atoms with Crippen molar-refractivity contribution in [2.75, 3.05) is 0 Å². The van der Waals surface area contributed by atoms with Crippen molar-refractivity contribution in [2.45, 2.75) is 11.8 Å². The van der Waals surface area contributed by atoms with Crippen LogP contribution in [0.25, 0.3) is 0 Å². The predicted octanol–water partition coefficient (Wildman–Crippen LogP) is 2.55. The lowest BCUT2D eigenvalue weighted by Crippen LogP contribution is -1.96. The SMILES string of the molecule is CC=CC(F)(F)Br. The highest BCUT2D eigenvalue weighted by molar-refractivity contribution is 9.10. The molecule has 0 fully saturated rings. The molecule has 0 rings (SSSR count). The lowest BCUT2D eigenvalue weighted by Gasteiger charge is -1.96. The molecule has 0 saturated carbocycles. The molecule has 3 heteroatoms. The summed E-state index contributed by atoms with van der Waals surface area (Å²) in [5, 5.41) is 0. The molecule has 0 aromatic heterocycles. The molecule has 0 amide bonds. The van der Waals surface area contributed by atoms with Crippen LogP contribution in [0.5, 0.6) is 0 Å². The summed E-state index contributed by atoms with van der Waals surface area (Å²) in [4.78, 5) is -2.82. The van der Waals surface area contributed by atoms with E-state index in [1.807, 2.05) is 0 Å². The largest absolute Gasteiger partial charge is 0.319 e. The molecule has 0 spiro atoms. The van der Waals surface area contributed by atoms with Crippen LogP contribution in [0, 0.1) is 0 Å². The standard InChI is InChI=1S/C4H5BrF2/c1-2-3-4(5,6)7/h2-3H,1H3. The third-order valence-electron chi connectivity index (χ3n) is 0.356. The first-order valence-electron chi connectivity index (χ1n) is 1.77. The van der Waals surface area contributed by atoms with E-state index in [1.165, 1.54) is 13.0 Å². The molecule has 0 aliphatic carbocycles. The summed E-state index contributed by atoms with van der Waals surface area (Å²) in [7, 11) is 0. The Labute approximate surface area is 49.3 Å². The average molecular weight is 171 g/mol. The highest BCUT2D eigenvalue weighted by atomic mass is 79.9. The van der Waals surface area contributed by atoms with Gasteiger partial charge in [-0.25, -0.2) is 0 Å². The monoisotopic (exact) mass is 170 g/mol. The molecular weight excluding hydrogens is 166 g/mol. The maximum absolute atomic E-state index is 11.6. The van der Waals surface area contributed by atoms with Gasteiger partial charge in [-0.15, -0.1) is 0 Å². The number of hydrogen-bond acceptors (Lipinski definition) is 0. The molecule has 0 atom stereocenters. The molecule has 0 radical (unpaired) electrons. The Morgan fingerprint density at radius 3 is 2.00 bits per heavy atom. The normalized spacial score (nSPS) is 13.1. The van der Waals surface area contributed by atoms with E-state index in [0.29, 0.717) is 0 Å². The minimum atomic E-state index is -2.82. The fourth-order valence-corrected chi connectivity index (χ4v) is 0.453. The van der Waals surface area contributed by atoms with Crippen LogP contribution in [0.1, 0.15) is 6.92 Å². The number of halogens is 3. The minimum Gasteiger partial charge on any atom is -0.189 e. The van der Waals surface area contributed by atoms with Crippen molar-refractivity contribution in [1.29, 1.82) is 0 Å². The van der Waals surface area contributed by atoms with Crippen LogP contribution >= 0.6 is 15.9 Å². The Morgan fingerprint density at radius 2 is 2.00 bits per heavy atom. The number of allylic oxidation sites excluding steroid dienone is 2. The highest BCUT2D eigenvalue weighted by Crippen LogP contribution is 2.22. The van der Waals surface area contributed by atoms with Gasteiger partial charge in [0.15, 0.2) is 0 Å². The summed E-state index contributed by atoms with van der Waals surface area (Å²) >= 11 is 2.12. The summed E-state index contributed by atoms with van der Waals surface area (Å²) < 4.78 is 23.1. The molecule has 0 saturated heterocycles. The summed E-state index contributed by atoms with van der Waals surface area (Å²) in [6.07, 6.45) is 2.06. The summed E-state index contributed by atoms with van der Waals surface area (Å²) in [5.41, 5.74) is 0. The van der Waals surface area contributed by atoms with Crippen molar-refractivity contribution in [3.63, 3.8) is 0 Å². The van der Waals surface area contributed by atoms with E-state index in [2.05, 4.69) is 15.9 Å². The van der Waals surface area contributed by atoms with E-state index in [9.17, 15) is 8.78 Å². The zero-order valence-corrected chi connectivity index (χ0v) is 5.37. The van der Waals surface area contributed by atoms with Gasteiger partial charge in [0.05, 0.1) is 0 Å². The number of hydrogen-bond donors (Lipinski definition) is 0. The molecule has 42 valence electrons. The summed E-state index contributed by atoms with van der Waals surface area (Å²) in [5.74, 6) is 0. The predicted molar refractivity (Wildman–Crippen MR) is 28.7 cm³/mol. The first-order chi connectivity index (χ1) is 3.06. The van der Waals surface area contributed by atoms with Gasteiger partial charge in [0.1, 0.15) is 0 Å². The van der Waals surface area contributed by atoms with Crippen molar-refractivity contribution in [3.05, 3.63) is 12.2 Å². The third kappa shape index (κ3) is 6.08. The molecule has 0 bridgehead atoms. The fourth-order valence-electron chi connectivity index (χ4n) is 0.189. The number of rotatable bonds is 1. The number of alkyl halides is 3. The quantitative estimate of drug-likeness (QED) is 0.420. The van der Waals surface area contributed by atoms with Gasteiger partial charge in [0, 0.05) is 0 Å². The van der Waals surface area contributed by atoms with Gasteiger partial charge < -0.3 is 0 Å². The van der Waals surface area contributed by atoms with Crippen LogP contribution in [0.3, 0.4) is 0 Å². The Kier molecular flexibility index (Phi) is 2.43. The van der Waals surface area contributed by atoms with Gasteiger partial charge in [0.2, 0.25) is 0 Å². The molecule has 0 aromatic rings. The zero-order valence-electron chi connectivity index (χ0n) is 3.79. The van der Waals surface area contributed by atoms with E-state index in [1.54, 1.807) is 0 Å². The Balaban J connectivity index is 3.56. The molecule has 0 unspecified atom stereocenters. The van der Waals surface area contributed by atoms with Crippen molar-refractivity contribution < 1.29 is 8.78 Å². The van der Waals surface area contributed by atoms with Crippen LogP contribution in [-0.4, -0.2) is 4.83 Å². The van der Waals surface area contributed by atoms with Gasteiger partial charge >= 0.3 is 4.83 Å². The lowest BCUT2D eigenvalue weighted by molar-refractivity contribution is 0.171. The van der Waals surface area contributed by atoms with Crippen LogP contribution in [0.4, 0.5) is 8.78 Å². The van der Waals surface area contributed by atoms with Crippen LogP contribution in [0.2, 0.25) is 0 Å². The topological polar surface area (TPSA) is 0 Å². The summed E-state index contributed by atoms with van der Waals surface area (Å²) in [6, 6.07) is 0. The van der Waals surface area contributed by atoms with Crippen molar-refractivity contribution in [2.24, 2.45) is 0 Å². The first-order valence-corrected chi connectivity index (χ1v) is 2.56. The van der Waals surface area contributed by atoms with Crippen molar-refractivity contribution in [3.8, 4) is 0 Å². The Bertz CT molecular complexity index is 72.2. The Morgan fingerprint density at radius 1 is 1.57 bits per heavy atom. The van der Waals surface area contributed by atoms with Crippen LogP contribution in [0.15, 0.2) is 12.2 Å². The maximum atomic E-state index is 11.6. The average Bonchev–Trinajstić information content (AvgIpc) is 1.30. The maximum Gasteiger partial charge on any atom is 0.319 e. The second kappa shape index (κ2) is 2.40. The summed E-state index contributed by atoms with van der Waals surface area (Å²) in [6.45, 7) is 1.54. The van der Waals surface area contributed by atoms with Gasteiger partial charge in [-0.1, -0.05) is 6.08 Å². The minimum absolute atomic E-state index is 0.771. The van der Waals surface area contributed by atoms with E-state index >= 15 is 0 Å². The third-order valence-corrected chi connectivity index (χ3v) is 0.620. The fraction of sp³-hybridized carbons (Fsp3) is 0.500. The smallest absolute Gasteiger partial charge is 0.189 e. The van der Waals surface area contributed by atoms with Crippen LogP contribution < -0.4 is 0 Å². The highest BCUT2D eigenvalue weighted by Gasteiger charge is 2.16. The van der Waals surface area contributed by atoms with E-state index in [4.69, 9.17) is 0 Å². The lowest BCUT2D eigenvalue weighted by atomic mass is 10.5.